The average Bonchev–Trinajstić information content (AvgIpc) is 2.80. The van der Waals surface area contributed by atoms with Gasteiger partial charge in [0.05, 0.1) is 7.11 Å². The first-order valence-electron chi connectivity index (χ1n) is 5.65. The molecule has 0 N–H and O–H groups in total. The van der Waals surface area contributed by atoms with Gasteiger partial charge >= 0.3 is 0 Å². The van der Waals surface area contributed by atoms with E-state index in [0.29, 0.717) is 11.7 Å². The number of rotatable bonds is 3. The van der Waals surface area contributed by atoms with Crippen molar-refractivity contribution >= 4 is 19.7 Å². The van der Waals surface area contributed by atoms with Crippen molar-refractivity contribution < 1.29 is 13.2 Å². The molecule has 1 aromatic rings. The minimum Gasteiger partial charge on any atom is -0.495 e. The Balaban J connectivity index is 2.44. The molecule has 3 nitrogen and oxygen atoms in total. The van der Waals surface area contributed by atoms with Crippen molar-refractivity contribution in [3.05, 3.63) is 23.8 Å². The van der Waals surface area contributed by atoms with Crippen molar-refractivity contribution in [1.82, 2.24) is 0 Å². The summed E-state index contributed by atoms with van der Waals surface area (Å²) >= 11 is 0. The van der Waals surface area contributed by atoms with Gasteiger partial charge in [0.2, 0.25) is 0 Å². The van der Waals surface area contributed by atoms with Crippen molar-refractivity contribution in [3.63, 3.8) is 0 Å². The van der Waals surface area contributed by atoms with Crippen LogP contribution in [0.1, 0.15) is 37.2 Å². The van der Waals surface area contributed by atoms with E-state index in [4.69, 9.17) is 15.4 Å². The highest BCUT2D eigenvalue weighted by atomic mass is 35.7. The van der Waals surface area contributed by atoms with Crippen LogP contribution in [0.25, 0.3) is 0 Å². The van der Waals surface area contributed by atoms with E-state index in [1.54, 1.807) is 12.1 Å². The summed E-state index contributed by atoms with van der Waals surface area (Å²) in [6, 6.07) is 5.26. The highest BCUT2D eigenvalue weighted by molar-refractivity contribution is 8.13. The lowest BCUT2D eigenvalue weighted by molar-refractivity contribution is 0.402. The Morgan fingerprint density at radius 3 is 2.47 bits per heavy atom. The first-order chi connectivity index (χ1) is 8.02. The Bertz CT molecular complexity index is 504. The number of hydrogen-bond acceptors (Lipinski definition) is 3. The summed E-state index contributed by atoms with van der Waals surface area (Å²) in [6.45, 7) is 0. The van der Waals surface area contributed by atoms with E-state index in [-0.39, 0.29) is 4.90 Å². The summed E-state index contributed by atoms with van der Waals surface area (Å²) in [5.74, 6) is 0.764. The van der Waals surface area contributed by atoms with Crippen molar-refractivity contribution in [3.8, 4) is 5.75 Å². The molecule has 94 valence electrons. The van der Waals surface area contributed by atoms with Crippen LogP contribution >= 0.6 is 10.7 Å². The molecule has 1 saturated carbocycles. The van der Waals surface area contributed by atoms with E-state index in [2.05, 4.69) is 0 Å². The molecule has 5 heteroatoms. The van der Waals surface area contributed by atoms with Crippen LogP contribution in [-0.4, -0.2) is 15.5 Å². The third-order valence-electron chi connectivity index (χ3n) is 3.28. The topological polar surface area (TPSA) is 43.4 Å². The highest BCUT2D eigenvalue weighted by Crippen LogP contribution is 2.37. The second-order valence-electron chi connectivity index (χ2n) is 4.33. The fraction of sp³-hybridized carbons (Fsp3) is 0.500. The predicted molar refractivity (Wildman–Crippen MR) is 67.2 cm³/mol. The number of ether oxygens (including phenoxy) is 1. The number of hydrogen-bond donors (Lipinski definition) is 0. The smallest absolute Gasteiger partial charge is 0.264 e. The van der Waals surface area contributed by atoms with Gasteiger partial charge in [-0.2, -0.15) is 0 Å². The van der Waals surface area contributed by atoms with Gasteiger partial charge in [-0.1, -0.05) is 18.9 Å². The molecular weight excluding hydrogens is 260 g/mol. The monoisotopic (exact) mass is 274 g/mol. The Morgan fingerprint density at radius 1 is 1.29 bits per heavy atom. The second kappa shape index (κ2) is 4.86. The summed E-state index contributed by atoms with van der Waals surface area (Å²) < 4.78 is 28.0. The van der Waals surface area contributed by atoms with Gasteiger partial charge in [0.1, 0.15) is 10.6 Å². The van der Waals surface area contributed by atoms with Crippen molar-refractivity contribution in [2.24, 2.45) is 0 Å². The highest BCUT2D eigenvalue weighted by Gasteiger charge is 2.22. The molecule has 0 heterocycles. The Kier molecular flexibility index (Phi) is 3.64. The van der Waals surface area contributed by atoms with Crippen molar-refractivity contribution in [1.29, 1.82) is 0 Å². The molecule has 0 atom stereocenters. The van der Waals surface area contributed by atoms with Crippen LogP contribution in [0.4, 0.5) is 0 Å². The van der Waals surface area contributed by atoms with Crippen molar-refractivity contribution in [2.75, 3.05) is 7.11 Å². The number of methoxy groups -OCH3 is 1. The first-order valence-corrected chi connectivity index (χ1v) is 7.96. The van der Waals surface area contributed by atoms with E-state index in [0.717, 1.165) is 18.4 Å². The van der Waals surface area contributed by atoms with Crippen molar-refractivity contribution in [2.45, 2.75) is 36.5 Å². The fourth-order valence-corrected chi connectivity index (χ4v) is 3.43. The molecule has 1 aliphatic rings. The number of benzene rings is 1. The third kappa shape index (κ3) is 2.75. The summed E-state index contributed by atoms with van der Waals surface area (Å²) in [6.07, 6.45) is 4.65. The molecule has 0 amide bonds. The first kappa shape index (κ1) is 12.7. The minimum atomic E-state index is -3.75. The Morgan fingerprint density at radius 2 is 1.94 bits per heavy atom. The van der Waals surface area contributed by atoms with Gasteiger partial charge in [0, 0.05) is 10.7 Å². The van der Waals surface area contributed by atoms with Crippen LogP contribution in [0.15, 0.2) is 23.1 Å². The molecule has 0 aromatic heterocycles. The molecule has 1 aromatic carbocycles. The number of halogens is 1. The largest absolute Gasteiger partial charge is 0.495 e. The van der Waals surface area contributed by atoms with E-state index in [1.165, 1.54) is 20.0 Å². The van der Waals surface area contributed by atoms with E-state index in [1.807, 2.05) is 6.07 Å². The van der Waals surface area contributed by atoms with Gasteiger partial charge in [0.25, 0.3) is 9.05 Å². The van der Waals surface area contributed by atoms with Gasteiger partial charge < -0.3 is 4.74 Å². The Hall–Kier alpha value is -0.740. The molecule has 1 fully saturated rings. The Labute approximate surface area is 106 Å². The molecule has 0 aliphatic heterocycles. The third-order valence-corrected chi connectivity index (χ3v) is 4.62. The molecule has 0 spiro atoms. The maximum atomic E-state index is 11.5. The normalized spacial score (nSPS) is 17.3. The maximum Gasteiger partial charge on any atom is 0.264 e. The zero-order valence-corrected chi connectivity index (χ0v) is 11.2. The van der Waals surface area contributed by atoms with Crippen LogP contribution in [0.3, 0.4) is 0 Å². The quantitative estimate of drug-likeness (QED) is 0.795. The average molecular weight is 275 g/mol. The molecule has 0 unspecified atom stereocenters. The van der Waals surface area contributed by atoms with Crippen LogP contribution in [-0.2, 0) is 9.05 Å². The van der Waals surface area contributed by atoms with Gasteiger partial charge in [-0.3, -0.25) is 0 Å². The lowest BCUT2D eigenvalue weighted by Gasteiger charge is -2.12. The zero-order valence-electron chi connectivity index (χ0n) is 9.65. The molecule has 2 rings (SSSR count). The van der Waals surface area contributed by atoms with Crippen LogP contribution in [0, 0.1) is 0 Å². The minimum absolute atomic E-state index is 0.0751. The molecule has 0 bridgehead atoms. The second-order valence-corrected chi connectivity index (χ2v) is 6.86. The lowest BCUT2D eigenvalue weighted by atomic mass is 9.98. The van der Waals surface area contributed by atoms with E-state index in [9.17, 15) is 8.42 Å². The summed E-state index contributed by atoms with van der Waals surface area (Å²) in [5.41, 5.74) is 1.04. The summed E-state index contributed by atoms with van der Waals surface area (Å²) in [4.78, 5) is 0.0751. The molecule has 17 heavy (non-hydrogen) atoms. The van der Waals surface area contributed by atoms with Crippen LogP contribution in [0.2, 0.25) is 0 Å². The van der Waals surface area contributed by atoms with Gasteiger partial charge in [-0.15, -0.1) is 0 Å². The summed E-state index contributed by atoms with van der Waals surface area (Å²) in [5, 5.41) is 0. The molecular formula is C12H15ClO3S. The van der Waals surface area contributed by atoms with E-state index >= 15 is 0 Å². The molecule has 1 aliphatic carbocycles. The van der Waals surface area contributed by atoms with Gasteiger partial charge in [0.15, 0.2) is 0 Å². The van der Waals surface area contributed by atoms with Gasteiger partial charge in [-0.05, 0) is 36.5 Å². The van der Waals surface area contributed by atoms with Gasteiger partial charge in [-0.25, -0.2) is 8.42 Å². The zero-order chi connectivity index (χ0) is 12.5. The standard InChI is InChI=1S/C12H15ClO3S/c1-16-11-7-6-10(9-4-2-3-5-9)8-12(11)17(13,14)15/h6-9H,2-5H2,1H3. The lowest BCUT2D eigenvalue weighted by Crippen LogP contribution is -2.00. The summed E-state index contributed by atoms with van der Waals surface area (Å²) in [7, 11) is 3.10. The predicted octanol–water partition coefficient (Wildman–Crippen LogP) is 3.28. The fourth-order valence-electron chi connectivity index (χ4n) is 2.40. The molecule has 0 saturated heterocycles. The molecule has 0 radical (unpaired) electrons. The van der Waals surface area contributed by atoms with Crippen LogP contribution in [0.5, 0.6) is 5.75 Å². The van der Waals surface area contributed by atoms with Crippen LogP contribution < -0.4 is 4.74 Å². The maximum absolute atomic E-state index is 11.5. The SMILES string of the molecule is COc1ccc(C2CCCC2)cc1S(=O)(=O)Cl. The van der Waals surface area contributed by atoms with E-state index < -0.39 is 9.05 Å².